The largest absolute Gasteiger partial charge is 0.290 e. The number of piperidine rings is 1. The molecule has 2 aliphatic rings. The van der Waals surface area contributed by atoms with E-state index in [0.717, 1.165) is 24.7 Å². The first-order chi connectivity index (χ1) is 13.2. The van der Waals surface area contributed by atoms with E-state index >= 15 is 0 Å². The topological polar surface area (TPSA) is 99.2 Å². The zero-order valence-electron chi connectivity index (χ0n) is 15.9. The van der Waals surface area contributed by atoms with Gasteiger partial charge in [-0.2, -0.15) is 0 Å². The Morgan fingerprint density at radius 1 is 1.29 bits per heavy atom. The number of amides is 2. The van der Waals surface area contributed by atoms with Gasteiger partial charge in [0.05, 0.1) is 6.26 Å². The van der Waals surface area contributed by atoms with Crippen molar-refractivity contribution >= 4 is 38.8 Å². The molecule has 28 heavy (non-hydrogen) atoms. The molecule has 1 unspecified atom stereocenters. The van der Waals surface area contributed by atoms with Crippen molar-refractivity contribution < 1.29 is 18.0 Å². The van der Waals surface area contributed by atoms with Gasteiger partial charge in [0.1, 0.15) is 4.87 Å². The number of carbonyl (C=O) groups is 2. The SMILES string of the molecule is CC(=O)N1N=C(N2CCCCC2=O)SC1(CCNS(C)(=O)=O)c1ccccc1. The fraction of sp³-hybridized carbons (Fsp3) is 0.500. The van der Waals surface area contributed by atoms with E-state index in [1.165, 1.54) is 23.7 Å². The molecule has 0 bridgehead atoms. The molecule has 2 heterocycles. The second-order valence-corrected chi connectivity index (χ2v) is 9.96. The maximum atomic E-state index is 12.5. The molecule has 1 atom stereocenters. The monoisotopic (exact) mass is 424 g/mol. The fourth-order valence-electron chi connectivity index (χ4n) is 3.41. The van der Waals surface area contributed by atoms with Gasteiger partial charge in [-0.25, -0.2) is 18.1 Å². The van der Waals surface area contributed by atoms with Gasteiger partial charge in [-0.05, 0) is 18.4 Å². The molecule has 1 fully saturated rings. The molecule has 2 amide bonds. The summed E-state index contributed by atoms with van der Waals surface area (Å²) in [6.45, 7) is 2.14. The first-order valence-corrected chi connectivity index (χ1v) is 11.8. The maximum Gasteiger partial charge on any atom is 0.241 e. The third-order valence-corrected chi connectivity index (χ3v) is 6.86. The lowest BCUT2D eigenvalue weighted by Gasteiger charge is -2.35. The van der Waals surface area contributed by atoms with Crippen LogP contribution in [0.3, 0.4) is 0 Å². The Bertz CT molecular complexity index is 888. The Morgan fingerprint density at radius 2 is 2.00 bits per heavy atom. The van der Waals surface area contributed by atoms with Crippen molar-refractivity contribution in [2.75, 3.05) is 19.3 Å². The molecule has 8 nitrogen and oxygen atoms in total. The molecular formula is C18H24N4O4S2. The number of hydrazone groups is 1. The quantitative estimate of drug-likeness (QED) is 0.775. The average molecular weight is 425 g/mol. The van der Waals surface area contributed by atoms with Crippen molar-refractivity contribution in [3.05, 3.63) is 35.9 Å². The van der Waals surface area contributed by atoms with Crippen LogP contribution in [0, 0.1) is 0 Å². The Balaban J connectivity index is 1.97. The second-order valence-electron chi connectivity index (χ2n) is 6.88. The number of hydrogen-bond acceptors (Lipinski definition) is 6. The predicted molar refractivity (Wildman–Crippen MR) is 109 cm³/mol. The lowest BCUT2D eigenvalue weighted by atomic mass is 10.0. The third-order valence-electron chi connectivity index (χ3n) is 4.69. The molecule has 1 aromatic rings. The number of nitrogens with one attached hydrogen (secondary N) is 1. The lowest BCUT2D eigenvalue weighted by molar-refractivity contribution is -0.133. The van der Waals surface area contributed by atoms with Gasteiger partial charge in [-0.3, -0.25) is 14.5 Å². The van der Waals surface area contributed by atoms with Crippen molar-refractivity contribution in [1.82, 2.24) is 14.6 Å². The number of benzene rings is 1. The van der Waals surface area contributed by atoms with Gasteiger partial charge in [0.15, 0.2) is 5.17 Å². The molecule has 152 valence electrons. The van der Waals surface area contributed by atoms with Crippen LogP contribution in [-0.2, 0) is 24.5 Å². The standard InChI is InChI=1S/C18H24N4O4S2/c1-14(23)22-18(11-12-19-28(2,25)26,15-8-4-3-5-9-15)27-17(20-22)21-13-7-6-10-16(21)24/h3-5,8-9,19H,6-7,10-13H2,1-2H3. The summed E-state index contributed by atoms with van der Waals surface area (Å²) in [5.41, 5.74) is 0.828. The molecule has 2 aliphatic heterocycles. The van der Waals surface area contributed by atoms with Gasteiger partial charge >= 0.3 is 0 Å². The summed E-state index contributed by atoms with van der Waals surface area (Å²) >= 11 is 1.33. The van der Waals surface area contributed by atoms with Gasteiger partial charge in [-0.1, -0.05) is 42.1 Å². The summed E-state index contributed by atoms with van der Waals surface area (Å²) in [5, 5.41) is 6.37. The number of sulfonamides is 1. The Kier molecular flexibility index (Phi) is 6.11. The van der Waals surface area contributed by atoms with Crippen LogP contribution in [0.5, 0.6) is 0 Å². The fourth-order valence-corrected chi connectivity index (χ4v) is 5.32. The van der Waals surface area contributed by atoms with Crippen molar-refractivity contribution in [3.8, 4) is 0 Å². The molecule has 0 saturated carbocycles. The van der Waals surface area contributed by atoms with Crippen molar-refractivity contribution in [2.24, 2.45) is 5.10 Å². The van der Waals surface area contributed by atoms with Crippen LogP contribution in [0.2, 0.25) is 0 Å². The Hall–Kier alpha value is -1.91. The van der Waals surface area contributed by atoms with Gasteiger partial charge in [0.2, 0.25) is 21.8 Å². The summed E-state index contributed by atoms with van der Waals surface area (Å²) in [7, 11) is -3.37. The van der Waals surface area contributed by atoms with Gasteiger partial charge in [-0.15, -0.1) is 5.10 Å². The summed E-state index contributed by atoms with van der Waals surface area (Å²) < 4.78 is 25.6. The predicted octanol–water partition coefficient (Wildman–Crippen LogP) is 1.66. The van der Waals surface area contributed by atoms with E-state index < -0.39 is 14.9 Å². The van der Waals surface area contributed by atoms with E-state index in [9.17, 15) is 18.0 Å². The van der Waals surface area contributed by atoms with Crippen LogP contribution >= 0.6 is 11.8 Å². The molecule has 1 aromatic carbocycles. The molecule has 0 aliphatic carbocycles. The van der Waals surface area contributed by atoms with Gasteiger partial charge < -0.3 is 0 Å². The van der Waals surface area contributed by atoms with E-state index in [-0.39, 0.29) is 18.4 Å². The highest BCUT2D eigenvalue weighted by atomic mass is 32.2. The molecule has 1 saturated heterocycles. The van der Waals surface area contributed by atoms with Crippen molar-refractivity contribution in [2.45, 2.75) is 37.5 Å². The number of likely N-dealkylation sites (tertiary alicyclic amines) is 1. The van der Waals surface area contributed by atoms with Crippen LogP contribution in [0.1, 0.15) is 38.2 Å². The highest BCUT2D eigenvalue weighted by molar-refractivity contribution is 8.14. The normalized spacial score (nSPS) is 23.1. The van der Waals surface area contributed by atoms with Crippen molar-refractivity contribution in [3.63, 3.8) is 0 Å². The zero-order chi connectivity index (χ0) is 20.4. The van der Waals surface area contributed by atoms with E-state index in [2.05, 4.69) is 9.82 Å². The minimum atomic E-state index is -3.37. The molecule has 0 radical (unpaired) electrons. The van der Waals surface area contributed by atoms with Crippen LogP contribution in [-0.4, -0.2) is 54.7 Å². The zero-order valence-corrected chi connectivity index (χ0v) is 17.6. The molecule has 0 aromatic heterocycles. The number of thioether (sulfide) groups is 1. The number of hydrogen-bond donors (Lipinski definition) is 1. The summed E-state index contributed by atoms with van der Waals surface area (Å²) in [6, 6.07) is 9.38. The number of carbonyl (C=O) groups excluding carboxylic acids is 2. The minimum Gasteiger partial charge on any atom is -0.290 e. The van der Waals surface area contributed by atoms with E-state index in [1.54, 1.807) is 4.90 Å². The van der Waals surface area contributed by atoms with Crippen molar-refractivity contribution in [1.29, 1.82) is 0 Å². The summed E-state index contributed by atoms with van der Waals surface area (Å²) in [5.74, 6) is -0.269. The average Bonchev–Trinajstić information content (AvgIpc) is 3.03. The lowest BCUT2D eigenvalue weighted by Crippen LogP contribution is -2.43. The summed E-state index contributed by atoms with van der Waals surface area (Å²) in [6.07, 6.45) is 3.61. The number of rotatable bonds is 5. The van der Waals surface area contributed by atoms with E-state index in [4.69, 9.17) is 0 Å². The maximum absolute atomic E-state index is 12.5. The van der Waals surface area contributed by atoms with Crippen LogP contribution in [0.25, 0.3) is 0 Å². The minimum absolute atomic E-state index is 0.000810. The van der Waals surface area contributed by atoms with Crippen LogP contribution in [0.15, 0.2) is 35.4 Å². The van der Waals surface area contributed by atoms with E-state index in [0.29, 0.717) is 24.6 Å². The smallest absolute Gasteiger partial charge is 0.241 e. The highest BCUT2D eigenvalue weighted by Gasteiger charge is 2.49. The van der Waals surface area contributed by atoms with Crippen LogP contribution in [0.4, 0.5) is 0 Å². The third kappa shape index (κ3) is 4.39. The number of nitrogens with zero attached hydrogens (tertiary/aromatic N) is 3. The van der Waals surface area contributed by atoms with E-state index in [1.807, 2.05) is 30.3 Å². The molecule has 10 heteroatoms. The first-order valence-electron chi connectivity index (χ1n) is 9.12. The van der Waals surface area contributed by atoms with Gasteiger partial charge in [0, 0.05) is 32.9 Å². The van der Waals surface area contributed by atoms with Crippen LogP contribution < -0.4 is 4.72 Å². The molecule has 3 rings (SSSR count). The Morgan fingerprint density at radius 3 is 2.61 bits per heavy atom. The number of amidine groups is 1. The Labute approximate surface area is 169 Å². The highest BCUT2D eigenvalue weighted by Crippen LogP contribution is 2.49. The molecular weight excluding hydrogens is 400 g/mol. The molecule has 0 spiro atoms. The summed E-state index contributed by atoms with van der Waals surface area (Å²) in [4.78, 5) is 25.6. The van der Waals surface area contributed by atoms with Gasteiger partial charge in [0.25, 0.3) is 0 Å². The second kappa shape index (κ2) is 8.22. The molecule has 1 N–H and O–H groups in total. The first kappa shape index (κ1) is 20.8.